The lowest BCUT2D eigenvalue weighted by Crippen LogP contribution is -2.47. The number of hydrogen-bond acceptors (Lipinski definition) is 5. The molecule has 1 saturated heterocycles. The van der Waals surface area contributed by atoms with Crippen molar-refractivity contribution in [3.8, 4) is 5.75 Å². The van der Waals surface area contributed by atoms with Crippen molar-refractivity contribution in [3.05, 3.63) is 66.2 Å². The van der Waals surface area contributed by atoms with Crippen LogP contribution in [0.15, 0.2) is 60.7 Å². The highest BCUT2D eigenvalue weighted by molar-refractivity contribution is 7.87. The number of rotatable bonds is 6. The molecule has 0 aromatic heterocycles. The molecule has 170 valence electrons. The smallest absolute Gasteiger partial charge is 0.309 e. The van der Waals surface area contributed by atoms with Crippen molar-refractivity contribution in [2.45, 2.75) is 57.5 Å². The molecule has 0 amide bonds. The van der Waals surface area contributed by atoms with E-state index in [4.69, 9.17) is 13.7 Å². The molecule has 3 saturated carbocycles. The Morgan fingerprint density at radius 3 is 2.41 bits per heavy atom. The van der Waals surface area contributed by atoms with Gasteiger partial charge in [0.1, 0.15) is 5.75 Å². The Balaban J connectivity index is 1.23. The summed E-state index contributed by atoms with van der Waals surface area (Å²) in [6.07, 6.45) is 2.37. The van der Waals surface area contributed by atoms with Gasteiger partial charge in [0.2, 0.25) is 0 Å². The third-order valence-corrected chi connectivity index (χ3v) is 10.1. The largest absolute Gasteiger partial charge is 0.382 e. The van der Waals surface area contributed by atoms with Crippen LogP contribution in [0.2, 0.25) is 0 Å². The molecule has 4 aliphatic rings. The topological polar surface area (TPSA) is 61.8 Å². The number of fused-ring (bicyclic) bond motifs is 5. The number of ether oxygens (including phenoxy) is 2. The predicted octanol–water partition coefficient (Wildman–Crippen LogP) is 4.75. The van der Waals surface area contributed by atoms with E-state index in [2.05, 4.69) is 38.1 Å². The van der Waals surface area contributed by atoms with Crippen molar-refractivity contribution < 1.29 is 22.1 Å². The fraction of sp³-hybridized carbons (Fsp3) is 0.538. The summed E-state index contributed by atoms with van der Waals surface area (Å²) >= 11 is 0. The van der Waals surface area contributed by atoms with Gasteiger partial charge in [0, 0.05) is 11.3 Å². The van der Waals surface area contributed by atoms with E-state index in [0.717, 1.165) is 19.3 Å². The van der Waals surface area contributed by atoms with Crippen LogP contribution in [0.1, 0.15) is 44.6 Å². The van der Waals surface area contributed by atoms with Crippen LogP contribution in [0.3, 0.4) is 0 Å². The minimum Gasteiger partial charge on any atom is -0.382 e. The second kappa shape index (κ2) is 7.05. The van der Waals surface area contributed by atoms with Gasteiger partial charge in [0.25, 0.3) is 0 Å². The average Bonchev–Trinajstić information content (AvgIpc) is 3.32. The Morgan fingerprint density at radius 1 is 1.00 bits per heavy atom. The molecule has 6 heteroatoms. The van der Waals surface area contributed by atoms with Crippen LogP contribution in [0.5, 0.6) is 5.75 Å². The number of benzene rings is 2. The van der Waals surface area contributed by atoms with Crippen molar-refractivity contribution in [2.24, 2.45) is 22.7 Å². The maximum absolute atomic E-state index is 13.2. The van der Waals surface area contributed by atoms with Crippen molar-refractivity contribution in [2.75, 3.05) is 5.75 Å². The first-order valence-corrected chi connectivity index (χ1v) is 13.2. The average molecular weight is 455 g/mol. The molecule has 2 aromatic carbocycles. The zero-order chi connectivity index (χ0) is 22.1. The third kappa shape index (κ3) is 3.06. The zero-order valence-corrected chi connectivity index (χ0v) is 19.3. The van der Waals surface area contributed by atoms with Crippen LogP contribution < -0.4 is 4.18 Å². The summed E-state index contributed by atoms with van der Waals surface area (Å²) in [6.45, 7) is 4.37. The fourth-order valence-electron chi connectivity index (χ4n) is 6.89. The van der Waals surface area contributed by atoms with Crippen LogP contribution in [0.25, 0.3) is 0 Å². The van der Waals surface area contributed by atoms with E-state index in [1.165, 1.54) is 5.56 Å². The Labute approximate surface area is 190 Å². The molecular weight excluding hydrogens is 424 g/mol. The molecule has 0 spiro atoms. The lowest BCUT2D eigenvalue weighted by atomic mass is 9.69. The van der Waals surface area contributed by atoms with Gasteiger partial charge in [-0.05, 0) is 54.2 Å². The molecule has 0 N–H and O–H groups in total. The molecule has 32 heavy (non-hydrogen) atoms. The predicted molar refractivity (Wildman–Crippen MR) is 121 cm³/mol. The molecule has 6 rings (SSSR count). The molecule has 5 nitrogen and oxygen atoms in total. The van der Waals surface area contributed by atoms with Gasteiger partial charge in [-0.2, -0.15) is 8.42 Å². The summed E-state index contributed by atoms with van der Waals surface area (Å²) in [5.74, 6) is 1.43. The maximum Gasteiger partial charge on any atom is 0.309 e. The van der Waals surface area contributed by atoms with Crippen molar-refractivity contribution in [1.29, 1.82) is 0 Å². The van der Waals surface area contributed by atoms with Gasteiger partial charge < -0.3 is 13.7 Å². The van der Waals surface area contributed by atoms with Gasteiger partial charge in [0.05, 0.1) is 18.0 Å². The highest BCUT2D eigenvalue weighted by Gasteiger charge is 2.74. The monoisotopic (exact) mass is 454 g/mol. The Bertz CT molecular complexity index is 1100. The summed E-state index contributed by atoms with van der Waals surface area (Å²) in [5, 5.41) is 0. The first-order chi connectivity index (χ1) is 15.3. The lowest BCUT2D eigenvalue weighted by Gasteiger charge is -2.40. The summed E-state index contributed by atoms with van der Waals surface area (Å²) in [6, 6.07) is 19.3. The maximum atomic E-state index is 13.2. The molecule has 2 bridgehead atoms. The summed E-state index contributed by atoms with van der Waals surface area (Å²) < 4.78 is 44.9. The Hall–Kier alpha value is -1.89. The van der Waals surface area contributed by atoms with Crippen molar-refractivity contribution >= 4 is 10.1 Å². The first kappa shape index (κ1) is 20.7. The molecular formula is C26H30O5S. The van der Waals surface area contributed by atoms with E-state index in [1.807, 2.05) is 12.1 Å². The molecule has 1 heterocycles. The lowest BCUT2D eigenvalue weighted by molar-refractivity contribution is -0.123. The third-order valence-electron chi connectivity index (χ3n) is 8.74. The number of para-hydroxylation sites is 1. The van der Waals surface area contributed by atoms with Crippen LogP contribution >= 0.6 is 0 Å². The van der Waals surface area contributed by atoms with Gasteiger partial charge >= 0.3 is 10.1 Å². The SMILES string of the molecule is CC1(C)[C@@H]2CC[C@@]1(CS(=O)(=O)Oc1ccccc1)[C@@H]1O[C@H]([C@@H]3C[C@H]3c3ccccc3)O[C@H]21. The van der Waals surface area contributed by atoms with Gasteiger partial charge in [-0.15, -0.1) is 0 Å². The molecule has 4 fully saturated rings. The molecule has 7 atom stereocenters. The summed E-state index contributed by atoms with van der Waals surface area (Å²) in [4.78, 5) is 0. The second-order valence-electron chi connectivity index (χ2n) is 10.6. The second-order valence-corrected chi connectivity index (χ2v) is 12.1. The van der Waals surface area contributed by atoms with Crippen molar-refractivity contribution in [3.63, 3.8) is 0 Å². The highest BCUT2D eigenvalue weighted by Crippen LogP contribution is 2.70. The molecule has 2 aromatic rings. The van der Waals surface area contributed by atoms with Crippen LogP contribution in [0, 0.1) is 22.7 Å². The van der Waals surface area contributed by atoms with Gasteiger partial charge in [-0.3, -0.25) is 0 Å². The highest BCUT2D eigenvalue weighted by atomic mass is 32.2. The minimum atomic E-state index is -3.78. The molecule has 1 aliphatic heterocycles. The van der Waals surface area contributed by atoms with Gasteiger partial charge in [-0.1, -0.05) is 62.4 Å². The summed E-state index contributed by atoms with van der Waals surface area (Å²) in [7, 11) is -3.78. The van der Waals surface area contributed by atoms with Crippen LogP contribution in [-0.4, -0.2) is 32.7 Å². The van der Waals surface area contributed by atoms with E-state index < -0.39 is 15.5 Å². The first-order valence-electron chi connectivity index (χ1n) is 11.6. The standard InChI is InChI=1S/C26H30O5S/c1-25(2)21-13-14-26(25,16-32(27,28)31-18-11-7-4-8-12-18)23-22(21)29-24(30-23)20-15-19(20)17-9-5-3-6-10-17/h3-12,19-24H,13-16H2,1-2H3/t19-,20+,21+,22+,23+,24+,26+/m0/s1. The minimum absolute atomic E-state index is 0.0345. The Kier molecular flexibility index (Phi) is 4.56. The molecule has 0 unspecified atom stereocenters. The van der Waals surface area contributed by atoms with Crippen molar-refractivity contribution in [1.82, 2.24) is 0 Å². The summed E-state index contributed by atoms with van der Waals surface area (Å²) in [5.41, 5.74) is 0.642. The molecule has 3 aliphatic carbocycles. The normalized spacial score (nSPS) is 39.1. The van der Waals surface area contributed by atoms with E-state index in [0.29, 0.717) is 23.5 Å². The molecule has 0 radical (unpaired) electrons. The Morgan fingerprint density at radius 2 is 1.69 bits per heavy atom. The fourth-order valence-corrected chi connectivity index (χ4v) is 8.66. The van der Waals surface area contributed by atoms with Gasteiger partial charge in [-0.25, -0.2) is 0 Å². The van der Waals surface area contributed by atoms with E-state index in [-0.39, 0.29) is 29.7 Å². The van der Waals surface area contributed by atoms with E-state index >= 15 is 0 Å². The zero-order valence-electron chi connectivity index (χ0n) is 18.5. The van der Waals surface area contributed by atoms with Crippen LogP contribution in [0.4, 0.5) is 0 Å². The van der Waals surface area contributed by atoms with E-state index in [1.54, 1.807) is 24.3 Å². The number of hydrogen-bond donors (Lipinski definition) is 0. The van der Waals surface area contributed by atoms with Gasteiger partial charge in [0.15, 0.2) is 6.29 Å². The quantitative estimate of drug-likeness (QED) is 0.590. The van der Waals surface area contributed by atoms with Crippen LogP contribution in [-0.2, 0) is 19.6 Å². The van der Waals surface area contributed by atoms with E-state index in [9.17, 15) is 8.42 Å².